The van der Waals surface area contributed by atoms with Crippen molar-refractivity contribution in [2.75, 3.05) is 0 Å². The minimum Gasteiger partial charge on any atom is -0.429 e. The fourth-order valence-electron chi connectivity index (χ4n) is 1.50. The molecule has 2 rings (SSSR count). The zero-order chi connectivity index (χ0) is 12.3. The monoisotopic (exact) mass is 234 g/mol. The lowest BCUT2D eigenvalue weighted by Gasteiger charge is -2.04. The lowest BCUT2D eigenvalue weighted by atomic mass is 10.0. The Balaban J connectivity index is 2.39. The molecule has 0 amide bonds. The van der Waals surface area contributed by atoms with Gasteiger partial charge in [-0.15, -0.1) is 0 Å². The summed E-state index contributed by atoms with van der Waals surface area (Å²) >= 11 is 0. The van der Waals surface area contributed by atoms with Crippen LogP contribution in [0.2, 0.25) is 0 Å². The van der Waals surface area contributed by atoms with Crippen LogP contribution in [-0.2, 0) is 4.79 Å². The van der Waals surface area contributed by atoms with Gasteiger partial charge in [0.2, 0.25) is 0 Å². The van der Waals surface area contributed by atoms with Gasteiger partial charge in [0.15, 0.2) is 11.6 Å². The van der Waals surface area contributed by atoms with Crippen LogP contribution in [0.25, 0.3) is 11.1 Å². The molecule has 0 heterocycles. The van der Waals surface area contributed by atoms with Gasteiger partial charge in [-0.25, -0.2) is 8.78 Å². The largest absolute Gasteiger partial charge is 0.429 e. The first kappa shape index (κ1) is 11.3. The number of benzene rings is 2. The van der Waals surface area contributed by atoms with Crippen molar-refractivity contribution in [2.24, 2.45) is 0 Å². The van der Waals surface area contributed by atoms with Crippen molar-refractivity contribution in [3.63, 3.8) is 0 Å². The third kappa shape index (κ3) is 2.30. The van der Waals surface area contributed by atoms with Crippen molar-refractivity contribution < 1.29 is 18.3 Å². The highest BCUT2D eigenvalue weighted by Gasteiger charge is 2.09. The van der Waals surface area contributed by atoms with Gasteiger partial charge in [0.1, 0.15) is 5.75 Å². The molecule has 0 radical (unpaired) electrons. The van der Waals surface area contributed by atoms with Crippen LogP contribution in [-0.4, -0.2) is 6.47 Å². The van der Waals surface area contributed by atoms with Gasteiger partial charge in [-0.3, -0.25) is 4.79 Å². The summed E-state index contributed by atoms with van der Waals surface area (Å²) in [6.07, 6.45) is 0. The van der Waals surface area contributed by atoms with Crippen molar-refractivity contribution in [3.05, 3.63) is 54.1 Å². The lowest BCUT2D eigenvalue weighted by molar-refractivity contribution is -0.120. The summed E-state index contributed by atoms with van der Waals surface area (Å²) in [7, 11) is 0. The molecule has 0 fully saturated rings. The Kier molecular flexibility index (Phi) is 3.14. The molecule has 0 N–H and O–H groups in total. The second-order valence-corrected chi connectivity index (χ2v) is 3.34. The van der Waals surface area contributed by atoms with Crippen LogP contribution >= 0.6 is 0 Å². The molecule has 0 atom stereocenters. The molecule has 0 spiro atoms. The second kappa shape index (κ2) is 4.74. The molecular weight excluding hydrogens is 226 g/mol. The predicted molar refractivity (Wildman–Crippen MR) is 58.5 cm³/mol. The Hall–Kier alpha value is -2.23. The first-order valence-corrected chi connectivity index (χ1v) is 4.87. The third-order valence-corrected chi connectivity index (χ3v) is 2.30. The molecule has 0 unspecified atom stereocenters. The van der Waals surface area contributed by atoms with Crippen molar-refractivity contribution in [3.8, 4) is 16.9 Å². The van der Waals surface area contributed by atoms with E-state index >= 15 is 0 Å². The van der Waals surface area contributed by atoms with Crippen LogP contribution < -0.4 is 4.74 Å². The molecule has 17 heavy (non-hydrogen) atoms. The Bertz CT molecular complexity index is 536. The number of carbonyl (C=O) groups is 1. The van der Waals surface area contributed by atoms with Crippen LogP contribution in [0.3, 0.4) is 0 Å². The topological polar surface area (TPSA) is 26.3 Å². The highest BCUT2D eigenvalue weighted by Crippen LogP contribution is 2.26. The lowest BCUT2D eigenvalue weighted by Crippen LogP contribution is -1.90. The summed E-state index contributed by atoms with van der Waals surface area (Å²) in [5.74, 6) is -1.44. The normalized spacial score (nSPS) is 10.0. The zero-order valence-electron chi connectivity index (χ0n) is 8.69. The van der Waals surface area contributed by atoms with Crippen LogP contribution in [0.15, 0.2) is 42.5 Å². The number of rotatable bonds is 3. The first-order valence-electron chi connectivity index (χ1n) is 4.87. The van der Waals surface area contributed by atoms with Crippen molar-refractivity contribution >= 4 is 6.47 Å². The van der Waals surface area contributed by atoms with E-state index in [0.29, 0.717) is 17.8 Å². The van der Waals surface area contributed by atoms with E-state index in [1.807, 2.05) is 0 Å². The van der Waals surface area contributed by atoms with Crippen LogP contribution in [0.5, 0.6) is 5.75 Å². The van der Waals surface area contributed by atoms with Gasteiger partial charge in [0.05, 0.1) is 0 Å². The maximum absolute atomic E-state index is 13.5. The molecule has 0 aromatic heterocycles. The van der Waals surface area contributed by atoms with Crippen molar-refractivity contribution in [2.45, 2.75) is 0 Å². The number of hydrogen-bond donors (Lipinski definition) is 0. The van der Waals surface area contributed by atoms with Gasteiger partial charge in [0.25, 0.3) is 6.47 Å². The van der Waals surface area contributed by atoms with Crippen molar-refractivity contribution in [1.29, 1.82) is 0 Å². The minimum absolute atomic E-state index is 0.169. The molecule has 0 saturated carbocycles. The van der Waals surface area contributed by atoms with E-state index in [4.69, 9.17) is 0 Å². The van der Waals surface area contributed by atoms with Crippen LogP contribution in [0.1, 0.15) is 0 Å². The van der Waals surface area contributed by atoms with Crippen molar-refractivity contribution in [1.82, 2.24) is 0 Å². The van der Waals surface area contributed by atoms with E-state index in [0.717, 1.165) is 6.07 Å². The van der Waals surface area contributed by atoms with Gasteiger partial charge >= 0.3 is 0 Å². The van der Waals surface area contributed by atoms with Crippen LogP contribution in [0.4, 0.5) is 8.78 Å². The van der Waals surface area contributed by atoms with E-state index in [1.54, 1.807) is 12.1 Å². The quantitative estimate of drug-likeness (QED) is 0.762. The summed E-state index contributed by atoms with van der Waals surface area (Å²) in [5.41, 5.74) is 0.683. The van der Waals surface area contributed by atoms with E-state index in [9.17, 15) is 13.6 Å². The summed E-state index contributed by atoms with van der Waals surface area (Å²) in [6, 6.07) is 10.1. The van der Waals surface area contributed by atoms with Gasteiger partial charge < -0.3 is 4.74 Å². The summed E-state index contributed by atoms with van der Waals surface area (Å²) < 4.78 is 31.1. The number of halogens is 2. The standard InChI is InChI=1S/C13H8F2O2/c14-12-3-1-2-11(13(12)15)9-4-6-10(7-5-9)17-8-16/h1-8H. The third-order valence-electron chi connectivity index (χ3n) is 2.30. The van der Waals surface area contributed by atoms with E-state index in [1.165, 1.54) is 24.3 Å². The molecule has 0 saturated heterocycles. The van der Waals surface area contributed by atoms with Crippen LogP contribution in [0, 0.1) is 11.6 Å². The molecule has 2 aromatic rings. The maximum atomic E-state index is 13.5. The highest BCUT2D eigenvalue weighted by atomic mass is 19.2. The molecule has 2 aromatic carbocycles. The van der Waals surface area contributed by atoms with E-state index in [2.05, 4.69) is 4.74 Å². The van der Waals surface area contributed by atoms with E-state index < -0.39 is 11.6 Å². The number of ether oxygens (including phenoxy) is 1. The summed E-state index contributed by atoms with van der Waals surface area (Å²) in [4.78, 5) is 10.1. The maximum Gasteiger partial charge on any atom is 0.298 e. The fraction of sp³-hybridized carbons (Fsp3) is 0. The number of hydrogen-bond acceptors (Lipinski definition) is 2. The molecule has 0 bridgehead atoms. The van der Waals surface area contributed by atoms with Gasteiger partial charge in [0, 0.05) is 5.56 Å². The molecule has 86 valence electrons. The highest BCUT2D eigenvalue weighted by molar-refractivity contribution is 5.65. The summed E-state index contributed by atoms with van der Waals surface area (Å²) in [6.45, 7) is 0.303. The molecule has 2 nitrogen and oxygen atoms in total. The molecular formula is C13H8F2O2. The van der Waals surface area contributed by atoms with Gasteiger partial charge in [-0.05, 0) is 23.8 Å². The SMILES string of the molecule is O=COc1ccc(-c2cccc(F)c2F)cc1. The molecule has 0 aliphatic heterocycles. The predicted octanol–water partition coefficient (Wildman–Crippen LogP) is 3.17. The van der Waals surface area contributed by atoms with Gasteiger partial charge in [-0.1, -0.05) is 24.3 Å². The Morgan fingerprint density at radius 1 is 1.00 bits per heavy atom. The minimum atomic E-state index is -0.893. The average Bonchev–Trinajstić information content (AvgIpc) is 2.34. The zero-order valence-corrected chi connectivity index (χ0v) is 8.69. The number of carbonyl (C=O) groups excluding carboxylic acids is 1. The summed E-state index contributed by atoms with van der Waals surface area (Å²) in [5, 5.41) is 0. The Morgan fingerprint density at radius 2 is 1.71 bits per heavy atom. The van der Waals surface area contributed by atoms with E-state index in [-0.39, 0.29) is 5.56 Å². The average molecular weight is 234 g/mol. The fourth-order valence-corrected chi connectivity index (χ4v) is 1.50. The Labute approximate surface area is 96.5 Å². The second-order valence-electron chi connectivity index (χ2n) is 3.34. The first-order chi connectivity index (χ1) is 8.22. The molecule has 0 aliphatic carbocycles. The smallest absolute Gasteiger partial charge is 0.298 e. The van der Waals surface area contributed by atoms with Gasteiger partial charge in [-0.2, -0.15) is 0 Å². The molecule has 0 aliphatic rings. The Morgan fingerprint density at radius 3 is 2.35 bits per heavy atom. The molecule has 4 heteroatoms.